The Bertz CT molecular complexity index is 732. The maximum atomic E-state index is 12.1. The molecule has 0 saturated heterocycles. The van der Waals surface area contributed by atoms with E-state index in [2.05, 4.69) is 20.9 Å². The second-order valence-electron chi connectivity index (χ2n) is 4.46. The molecule has 0 atom stereocenters. The van der Waals surface area contributed by atoms with Crippen molar-refractivity contribution in [2.45, 2.75) is 0 Å². The van der Waals surface area contributed by atoms with Crippen molar-refractivity contribution in [3.8, 4) is 11.5 Å². The van der Waals surface area contributed by atoms with Gasteiger partial charge in [0.15, 0.2) is 23.9 Å². The molecule has 23 heavy (non-hydrogen) atoms. The number of hydrogen-bond acceptors (Lipinski definition) is 6. The van der Waals surface area contributed by atoms with E-state index in [1.807, 2.05) is 0 Å². The number of ketones is 1. The second kappa shape index (κ2) is 7.73. The lowest BCUT2D eigenvalue weighted by Gasteiger charge is -2.09. The third-order valence-electron chi connectivity index (χ3n) is 2.98. The topological polar surface area (TPSA) is 74.7 Å². The van der Waals surface area contributed by atoms with Crippen molar-refractivity contribution in [1.82, 2.24) is 4.98 Å². The molecule has 1 aromatic carbocycles. The fourth-order valence-electron chi connectivity index (χ4n) is 1.83. The number of benzene rings is 1. The number of aromatic nitrogens is 1. The van der Waals surface area contributed by atoms with Crippen molar-refractivity contribution in [2.24, 2.45) is 0 Å². The van der Waals surface area contributed by atoms with Crippen molar-refractivity contribution in [1.29, 1.82) is 0 Å². The first-order valence-electron chi connectivity index (χ1n) is 6.58. The molecule has 1 aromatic heterocycles. The summed E-state index contributed by atoms with van der Waals surface area (Å²) in [6, 6.07) is 6.30. The Hall–Kier alpha value is -2.41. The van der Waals surface area contributed by atoms with Gasteiger partial charge in [0.2, 0.25) is 0 Å². The smallest absolute Gasteiger partial charge is 0.340 e. The number of halogens is 1. The van der Waals surface area contributed by atoms with Gasteiger partial charge in [-0.15, -0.1) is 0 Å². The third kappa shape index (κ3) is 4.29. The highest BCUT2D eigenvalue weighted by molar-refractivity contribution is 9.10. The SMILES string of the molecule is COc1ccc(C(=O)COC(=O)c2cncc(Br)c2)cc1OC. The Balaban J connectivity index is 2.03. The van der Waals surface area contributed by atoms with Crippen LogP contribution in [0, 0.1) is 0 Å². The number of Topliss-reactive ketones (excluding diaryl/α,β-unsaturated/α-hetero) is 1. The average Bonchev–Trinajstić information content (AvgIpc) is 2.58. The molecule has 7 heteroatoms. The van der Waals surface area contributed by atoms with Gasteiger partial charge in [-0.05, 0) is 40.2 Å². The number of ether oxygens (including phenoxy) is 3. The van der Waals surface area contributed by atoms with Crippen LogP contribution in [0.3, 0.4) is 0 Å². The second-order valence-corrected chi connectivity index (χ2v) is 5.38. The number of nitrogens with zero attached hydrogens (tertiary/aromatic N) is 1. The lowest BCUT2D eigenvalue weighted by atomic mass is 10.1. The number of esters is 1. The van der Waals surface area contributed by atoms with E-state index >= 15 is 0 Å². The molecular formula is C16H14BrNO5. The Morgan fingerprint density at radius 3 is 2.43 bits per heavy atom. The van der Waals surface area contributed by atoms with Crippen molar-refractivity contribution in [3.05, 3.63) is 52.3 Å². The first-order valence-corrected chi connectivity index (χ1v) is 7.37. The molecule has 0 N–H and O–H groups in total. The van der Waals surface area contributed by atoms with Gasteiger partial charge < -0.3 is 14.2 Å². The van der Waals surface area contributed by atoms with Gasteiger partial charge in [0.05, 0.1) is 19.8 Å². The van der Waals surface area contributed by atoms with Crippen LogP contribution in [0.5, 0.6) is 11.5 Å². The van der Waals surface area contributed by atoms with E-state index in [-0.39, 0.29) is 18.0 Å². The van der Waals surface area contributed by atoms with Gasteiger partial charge in [0.25, 0.3) is 0 Å². The molecule has 2 aromatic rings. The molecule has 0 unspecified atom stereocenters. The van der Waals surface area contributed by atoms with Crippen molar-refractivity contribution >= 4 is 27.7 Å². The molecule has 2 rings (SSSR count). The van der Waals surface area contributed by atoms with Gasteiger partial charge >= 0.3 is 5.97 Å². The van der Waals surface area contributed by atoms with Crippen LogP contribution in [0.4, 0.5) is 0 Å². The highest BCUT2D eigenvalue weighted by Crippen LogP contribution is 2.27. The molecule has 0 fully saturated rings. The molecule has 6 nitrogen and oxygen atoms in total. The molecule has 0 radical (unpaired) electrons. The summed E-state index contributed by atoms with van der Waals surface area (Å²) in [4.78, 5) is 27.9. The largest absolute Gasteiger partial charge is 0.493 e. The number of pyridine rings is 1. The van der Waals surface area contributed by atoms with Crippen LogP contribution in [-0.4, -0.2) is 37.6 Å². The van der Waals surface area contributed by atoms with Crippen LogP contribution < -0.4 is 9.47 Å². The predicted octanol–water partition coefficient (Wildman–Crippen LogP) is 2.90. The fraction of sp³-hybridized carbons (Fsp3) is 0.188. The van der Waals surface area contributed by atoms with E-state index < -0.39 is 5.97 Å². The summed E-state index contributed by atoms with van der Waals surface area (Å²) >= 11 is 3.21. The Labute approximate surface area is 141 Å². The van der Waals surface area contributed by atoms with E-state index in [1.54, 1.807) is 24.4 Å². The highest BCUT2D eigenvalue weighted by Gasteiger charge is 2.14. The number of carbonyl (C=O) groups is 2. The van der Waals surface area contributed by atoms with E-state index in [9.17, 15) is 9.59 Å². The minimum atomic E-state index is -0.618. The maximum Gasteiger partial charge on any atom is 0.340 e. The standard InChI is InChI=1S/C16H14BrNO5/c1-21-14-4-3-10(6-15(14)22-2)13(19)9-23-16(20)11-5-12(17)8-18-7-11/h3-8H,9H2,1-2H3. The molecular weight excluding hydrogens is 366 g/mol. The molecule has 0 saturated carbocycles. The fourth-order valence-corrected chi connectivity index (χ4v) is 2.20. The third-order valence-corrected chi connectivity index (χ3v) is 3.41. The molecule has 0 bridgehead atoms. The van der Waals surface area contributed by atoms with E-state index in [1.165, 1.54) is 26.5 Å². The lowest BCUT2D eigenvalue weighted by Crippen LogP contribution is -2.14. The minimum absolute atomic E-state index is 0.263. The first kappa shape index (κ1) is 17.0. The number of rotatable bonds is 6. The predicted molar refractivity (Wildman–Crippen MR) is 86.1 cm³/mol. The molecule has 0 spiro atoms. The summed E-state index contributed by atoms with van der Waals surface area (Å²) in [7, 11) is 2.99. The molecule has 0 amide bonds. The van der Waals surface area contributed by atoms with E-state index in [0.29, 0.717) is 21.5 Å². The first-order chi connectivity index (χ1) is 11.0. The van der Waals surface area contributed by atoms with Crippen LogP contribution >= 0.6 is 15.9 Å². The monoisotopic (exact) mass is 379 g/mol. The van der Waals surface area contributed by atoms with E-state index in [0.717, 1.165) is 0 Å². The molecule has 120 valence electrons. The van der Waals surface area contributed by atoms with Crippen LogP contribution in [0.15, 0.2) is 41.1 Å². The quantitative estimate of drug-likeness (QED) is 0.567. The Kier molecular flexibility index (Phi) is 5.70. The van der Waals surface area contributed by atoms with E-state index in [4.69, 9.17) is 14.2 Å². The van der Waals surface area contributed by atoms with Gasteiger partial charge in [-0.2, -0.15) is 0 Å². The van der Waals surface area contributed by atoms with Crippen LogP contribution in [0.25, 0.3) is 0 Å². The zero-order chi connectivity index (χ0) is 16.8. The molecule has 0 aliphatic heterocycles. The summed E-state index contributed by atoms with van der Waals surface area (Å²) in [5.41, 5.74) is 0.627. The van der Waals surface area contributed by atoms with Crippen molar-refractivity contribution in [3.63, 3.8) is 0 Å². The summed E-state index contributed by atoms with van der Waals surface area (Å²) in [6.07, 6.45) is 2.92. The van der Waals surface area contributed by atoms with Gasteiger partial charge in [-0.3, -0.25) is 9.78 Å². The minimum Gasteiger partial charge on any atom is -0.493 e. The zero-order valence-corrected chi connectivity index (χ0v) is 14.1. The van der Waals surface area contributed by atoms with Crippen molar-refractivity contribution in [2.75, 3.05) is 20.8 Å². The molecule has 0 aliphatic rings. The average molecular weight is 380 g/mol. The highest BCUT2D eigenvalue weighted by atomic mass is 79.9. The maximum absolute atomic E-state index is 12.1. The van der Waals surface area contributed by atoms with Crippen LogP contribution in [0.1, 0.15) is 20.7 Å². The summed E-state index contributed by atoms with van der Waals surface area (Å²) in [5, 5.41) is 0. The summed E-state index contributed by atoms with van der Waals surface area (Å²) in [5.74, 6) is -0.0167. The number of methoxy groups -OCH3 is 2. The van der Waals surface area contributed by atoms with Gasteiger partial charge in [0.1, 0.15) is 0 Å². The summed E-state index contributed by atoms with van der Waals surface area (Å²) < 4.78 is 15.9. The zero-order valence-electron chi connectivity index (χ0n) is 12.5. The van der Waals surface area contributed by atoms with Crippen LogP contribution in [0.2, 0.25) is 0 Å². The molecule has 1 heterocycles. The van der Waals surface area contributed by atoms with Crippen molar-refractivity contribution < 1.29 is 23.8 Å². The summed E-state index contributed by atoms with van der Waals surface area (Å²) in [6.45, 7) is -0.374. The molecule has 0 aliphatic carbocycles. The normalized spacial score (nSPS) is 10.0. The van der Waals surface area contributed by atoms with Crippen LogP contribution in [-0.2, 0) is 4.74 Å². The number of carbonyl (C=O) groups excluding carboxylic acids is 2. The number of hydrogen-bond donors (Lipinski definition) is 0. The van der Waals surface area contributed by atoms with Gasteiger partial charge in [-0.25, -0.2) is 4.79 Å². The van der Waals surface area contributed by atoms with Gasteiger partial charge in [-0.1, -0.05) is 0 Å². The lowest BCUT2D eigenvalue weighted by molar-refractivity contribution is 0.0474. The Morgan fingerprint density at radius 1 is 1.04 bits per heavy atom. The van der Waals surface area contributed by atoms with Gasteiger partial charge in [0, 0.05) is 22.4 Å². The Morgan fingerprint density at radius 2 is 1.78 bits per heavy atom.